The average molecular weight is 640 g/mol. The molecule has 0 bridgehead atoms. The molecule has 2 fully saturated rings. The number of halogens is 2. The third kappa shape index (κ3) is 3.73. The standard InChI is InChI=1S/C37H32Cl2N2O4/c1-44-23-16-22(17-24(19-23)45-2)33-32-12-7-15-41(32)37(28-10-5-6-11-31(28)40-35(37)43)36(33)20-27(21-13-14-29(38)30(39)18-21)25-8-3-4-9-26(25)34(36)42/h3-6,8-11,13-14,16-19,27,32-33H,7,12,15,20H2,1-2H3,(H,40,43)/t27-,32-,33-,36-,37-/m0/s1. The third-order valence-electron chi connectivity index (χ3n) is 10.8. The number of benzene rings is 4. The van der Waals surface area contributed by atoms with Gasteiger partial charge in [0.25, 0.3) is 5.91 Å². The fourth-order valence-corrected chi connectivity index (χ4v) is 9.54. The average Bonchev–Trinajstić information content (AvgIpc) is 3.72. The number of nitrogens with one attached hydrogen (secondary N) is 1. The molecule has 1 N–H and O–H groups in total. The normalized spacial score (nSPS) is 28.2. The summed E-state index contributed by atoms with van der Waals surface area (Å²) in [4.78, 5) is 32.9. The Labute approximate surface area is 272 Å². The van der Waals surface area contributed by atoms with Gasteiger partial charge in [-0.05, 0) is 72.8 Å². The van der Waals surface area contributed by atoms with Crippen LogP contribution >= 0.6 is 23.2 Å². The first-order valence-electron chi connectivity index (χ1n) is 15.3. The van der Waals surface area contributed by atoms with Gasteiger partial charge < -0.3 is 14.8 Å². The molecule has 3 aliphatic heterocycles. The Morgan fingerprint density at radius 3 is 2.33 bits per heavy atom. The van der Waals surface area contributed by atoms with Gasteiger partial charge in [-0.2, -0.15) is 0 Å². The molecule has 4 aromatic rings. The van der Waals surface area contributed by atoms with Crippen molar-refractivity contribution in [2.45, 2.75) is 42.7 Å². The van der Waals surface area contributed by atoms with Crippen LogP contribution in [-0.2, 0) is 10.3 Å². The Hall–Kier alpha value is -3.84. The zero-order valence-corrected chi connectivity index (χ0v) is 26.5. The van der Waals surface area contributed by atoms with Crippen molar-refractivity contribution in [1.29, 1.82) is 0 Å². The van der Waals surface area contributed by atoms with E-state index < -0.39 is 11.0 Å². The highest BCUT2D eigenvalue weighted by Gasteiger charge is 2.78. The van der Waals surface area contributed by atoms with Gasteiger partial charge in [0, 0.05) is 40.8 Å². The van der Waals surface area contributed by atoms with Crippen molar-refractivity contribution in [1.82, 2.24) is 4.90 Å². The minimum Gasteiger partial charge on any atom is -0.497 e. The number of carbonyl (C=O) groups excluding carboxylic acids is 2. The Balaban J connectivity index is 1.49. The van der Waals surface area contributed by atoms with E-state index in [-0.39, 0.29) is 29.6 Å². The highest BCUT2D eigenvalue weighted by atomic mass is 35.5. The molecule has 4 aromatic carbocycles. The van der Waals surface area contributed by atoms with Gasteiger partial charge in [0.2, 0.25) is 0 Å². The van der Waals surface area contributed by atoms with Gasteiger partial charge in [0.15, 0.2) is 5.78 Å². The Bertz CT molecular complexity index is 1870. The van der Waals surface area contributed by atoms with Crippen LogP contribution in [0.4, 0.5) is 5.69 Å². The second kappa shape index (κ2) is 10.3. The third-order valence-corrected chi connectivity index (χ3v) is 11.5. The number of para-hydroxylation sites is 1. The van der Waals surface area contributed by atoms with Crippen molar-refractivity contribution in [3.05, 3.63) is 123 Å². The van der Waals surface area contributed by atoms with Crippen LogP contribution in [0.2, 0.25) is 10.0 Å². The fourth-order valence-electron chi connectivity index (χ4n) is 9.23. The van der Waals surface area contributed by atoms with Gasteiger partial charge in [0.1, 0.15) is 17.0 Å². The highest BCUT2D eigenvalue weighted by Crippen LogP contribution is 2.72. The molecule has 228 valence electrons. The largest absolute Gasteiger partial charge is 0.497 e. The van der Waals surface area contributed by atoms with Gasteiger partial charge in [-0.15, -0.1) is 0 Å². The SMILES string of the molecule is COc1cc(OC)cc([C@H]2[C@@H]3CCCN3[C@@]3(C(=O)Nc4ccccc43)[C@@]23C[C@@H](c2ccc(Cl)c(Cl)c2)c2ccccc2C3=O)c1. The molecule has 6 nitrogen and oxygen atoms in total. The van der Waals surface area contributed by atoms with Gasteiger partial charge in [-0.3, -0.25) is 14.5 Å². The lowest BCUT2D eigenvalue weighted by Crippen LogP contribution is -2.61. The Morgan fingerprint density at radius 2 is 1.58 bits per heavy atom. The summed E-state index contributed by atoms with van der Waals surface area (Å²) in [5, 5.41) is 4.15. The first-order valence-corrected chi connectivity index (χ1v) is 16.1. The van der Waals surface area contributed by atoms with E-state index in [0.29, 0.717) is 40.1 Å². The van der Waals surface area contributed by atoms with Crippen LogP contribution in [0.1, 0.15) is 63.7 Å². The highest BCUT2D eigenvalue weighted by molar-refractivity contribution is 6.42. The van der Waals surface area contributed by atoms with Crippen LogP contribution in [0.3, 0.4) is 0 Å². The maximum atomic E-state index is 15.7. The van der Waals surface area contributed by atoms with E-state index >= 15 is 4.79 Å². The fraction of sp³-hybridized carbons (Fsp3) is 0.297. The molecule has 3 heterocycles. The zero-order valence-electron chi connectivity index (χ0n) is 25.0. The van der Waals surface area contributed by atoms with Crippen LogP contribution in [0, 0.1) is 5.41 Å². The Morgan fingerprint density at radius 1 is 0.844 bits per heavy atom. The molecule has 4 aliphatic rings. The van der Waals surface area contributed by atoms with Crippen LogP contribution in [0.5, 0.6) is 11.5 Å². The van der Waals surface area contributed by atoms with E-state index in [1.807, 2.05) is 84.9 Å². The van der Waals surface area contributed by atoms with Gasteiger partial charge in [0.05, 0.1) is 29.7 Å². The topological polar surface area (TPSA) is 67.9 Å². The van der Waals surface area contributed by atoms with E-state index in [0.717, 1.165) is 40.8 Å². The number of hydrogen-bond acceptors (Lipinski definition) is 5. The Kier molecular flexibility index (Phi) is 6.58. The van der Waals surface area contributed by atoms with E-state index in [1.54, 1.807) is 14.2 Å². The van der Waals surface area contributed by atoms with Crippen LogP contribution < -0.4 is 14.8 Å². The van der Waals surface area contributed by atoms with Crippen molar-refractivity contribution in [2.24, 2.45) is 5.41 Å². The van der Waals surface area contributed by atoms with E-state index in [1.165, 1.54) is 0 Å². The molecule has 2 saturated heterocycles. The molecule has 0 unspecified atom stereocenters. The van der Waals surface area contributed by atoms with Crippen molar-refractivity contribution in [3.8, 4) is 11.5 Å². The van der Waals surface area contributed by atoms with E-state index in [9.17, 15) is 4.79 Å². The number of ether oxygens (including phenoxy) is 2. The number of amides is 1. The van der Waals surface area contributed by atoms with Crippen molar-refractivity contribution in [3.63, 3.8) is 0 Å². The van der Waals surface area contributed by atoms with Crippen molar-refractivity contribution >= 4 is 40.6 Å². The minimum absolute atomic E-state index is 0.0116. The van der Waals surface area contributed by atoms with Gasteiger partial charge in [-0.1, -0.05) is 71.7 Å². The number of anilines is 1. The lowest BCUT2D eigenvalue weighted by molar-refractivity contribution is -0.131. The number of fused-ring (bicyclic) bond motifs is 6. The monoisotopic (exact) mass is 638 g/mol. The molecule has 1 amide bonds. The minimum atomic E-state index is -1.23. The summed E-state index contributed by atoms with van der Waals surface area (Å²) in [7, 11) is 3.27. The van der Waals surface area contributed by atoms with Crippen LogP contribution in [-0.4, -0.2) is 43.4 Å². The molecule has 8 heteroatoms. The molecule has 0 radical (unpaired) electrons. The zero-order chi connectivity index (χ0) is 31.1. The summed E-state index contributed by atoms with van der Waals surface area (Å²) < 4.78 is 11.5. The number of rotatable bonds is 4. The number of Topliss-reactive ketones (excluding diaryl/α,β-unsaturated/α-hetero) is 1. The van der Waals surface area contributed by atoms with E-state index in [2.05, 4.69) is 10.2 Å². The smallest absolute Gasteiger partial charge is 0.250 e. The molecule has 0 saturated carbocycles. The van der Waals surface area contributed by atoms with Crippen LogP contribution in [0.25, 0.3) is 0 Å². The number of hydrogen-bond donors (Lipinski definition) is 1. The molecule has 45 heavy (non-hydrogen) atoms. The number of nitrogens with zero attached hydrogens (tertiary/aromatic N) is 1. The summed E-state index contributed by atoms with van der Waals surface area (Å²) in [5.41, 5.74) is 2.66. The molecule has 1 aliphatic carbocycles. The first-order chi connectivity index (χ1) is 21.8. The summed E-state index contributed by atoms with van der Waals surface area (Å²) in [6, 6.07) is 27.2. The number of carbonyl (C=O) groups is 2. The molecular weight excluding hydrogens is 607 g/mol. The lowest BCUT2D eigenvalue weighted by atomic mass is 9.50. The predicted molar refractivity (Wildman–Crippen MR) is 175 cm³/mol. The van der Waals surface area contributed by atoms with E-state index in [4.69, 9.17) is 32.7 Å². The molecule has 5 atom stereocenters. The second-order valence-corrected chi connectivity index (χ2v) is 13.4. The summed E-state index contributed by atoms with van der Waals surface area (Å²) >= 11 is 13.0. The molecule has 8 rings (SSSR count). The van der Waals surface area contributed by atoms with Crippen molar-refractivity contribution in [2.75, 3.05) is 26.1 Å². The number of ketones is 1. The van der Waals surface area contributed by atoms with Crippen LogP contribution in [0.15, 0.2) is 84.9 Å². The lowest BCUT2D eigenvalue weighted by Gasteiger charge is -2.51. The molecule has 2 spiro atoms. The van der Waals surface area contributed by atoms with Gasteiger partial charge >= 0.3 is 0 Å². The maximum absolute atomic E-state index is 15.7. The van der Waals surface area contributed by atoms with Crippen molar-refractivity contribution < 1.29 is 19.1 Å². The maximum Gasteiger partial charge on any atom is 0.250 e. The quantitative estimate of drug-likeness (QED) is 0.247. The summed E-state index contributed by atoms with van der Waals surface area (Å²) in [6.07, 6.45) is 2.19. The first kappa shape index (κ1) is 28.6. The number of methoxy groups -OCH3 is 2. The second-order valence-electron chi connectivity index (χ2n) is 12.6. The predicted octanol–water partition coefficient (Wildman–Crippen LogP) is 7.82. The molecule has 0 aromatic heterocycles. The summed E-state index contributed by atoms with van der Waals surface area (Å²) in [6.45, 7) is 0.706. The molecular formula is C37H32Cl2N2O4. The van der Waals surface area contributed by atoms with Gasteiger partial charge in [-0.25, -0.2) is 0 Å². The summed E-state index contributed by atoms with van der Waals surface area (Å²) in [5.74, 6) is 0.570.